The zero-order valence-corrected chi connectivity index (χ0v) is 15.6. The van der Waals surface area contributed by atoms with Crippen molar-refractivity contribution in [3.8, 4) is 17.2 Å². The van der Waals surface area contributed by atoms with E-state index in [2.05, 4.69) is 10.6 Å². The maximum absolute atomic E-state index is 12.7. The Labute approximate surface area is 163 Å². The lowest BCUT2D eigenvalue weighted by Gasteiger charge is -2.13. The number of rotatable bonds is 8. The van der Waals surface area contributed by atoms with E-state index in [0.717, 1.165) is 25.9 Å². The smallest absolute Gasteiger partial charge is 0.270 e. The zero-order valence-electron chi connectivity index (χ0n) is 15.6. The number of non-ortho nitro benzene ring substituents is 1. The van der Waals surface area contributed by atoms with Crippen LogP contribution >= 0.6 is 0 Å². The van der Waals surface area contributed by atoms with Crippen LogP contribution in [0.4, 0.5) is 5.69 Å². The third-order valence-corrected chi connectivity index (χ3v) is 4.71. The Morgan fingerprint density at radius 1 is 1.25 bits per heavy atom. The number of carbonyl (C=O) groups is 1. The molecule has 2 N–H and O–H groups in total. The molecule has 1 unspecified atom stereocenters. The molecular weight excluding hydrogens is 362 g/mol. The summed E-state index contributed by atoms with van der Waals surface area (Å²) in [6.45, 7) is 2.47. The van der Waals surface area contributed by atoms with Crippen LogP contribution in [0.5, 0.6) is 17.2 Å². The number of methoxy groups -OCH3 is 1. The molecule has 1 saturated heterocycles. The van der Waals surface area contributed by atoms with E-state index >= 15 is 0 Å². The monoisotopic (exact) mass is 385 g/mol. The third kappa shape index (κ3) is 4.98. The lowest BCUT2D eigenvalue weighted by molar-refractivity contribution is -0.384. The molecule has 0 radical (unpaired) electrons. The molecule has 0 saturated carbocycles. The second kappa shape index (κ2) is 9.18. The number of nitro groups is 1. The van der Waals surface area contributed by atoms with Gasteiger partial charge in [-0.3, -0.25) is 14.9 Å². The van der Waals surface area contributed by atoms with Gasteiger partial charge in [0.25, 0.3) is 11.6 Å². The molecule has 1 fully saturated rings. The first-order valence-corrected chi connectivity index (χ1v) is 9.16. The molecular formula is C20H23N3O5. The van der Waals surface area contributed by atoms with Crippen LogP contribution in [-0.2, 0) is 0 Å². The van der Waals surface area contributed by atoms with Crippen molar-refractivity contribution in [2.24, 2.45) is 5.92 Å². The molecule has 8 nitrogen and oxygen atoms in total. The minimum atomic E-state index is -0.530. The number of benzene rings is 2. The number of nitrogens with one attached hydrogen (secondary N) is 2. The molecule has 0 aromatic heterocycles. The molecule has 2 aromatic carbocycles. The van der Waals surface area contributed by atoms with Gasteiger partial charge in [-0.15, -0.1) is 0 Å². The highest BCUT2D eigenvalue weighted by molar-refractivity contribution is 5.97. The fraction of sp³-hybridized carbons (Fsp3) is 0.350. The van der Waals surface area contributed by atoms with Crippen molar-refractivity contribution in [2.45, 2.75) is 12.8 Å². The van der Waals surface area contributed by atoms with E-state index in [1.807, 2.05) is 0 Å². The molecule has 28 heavy (non-hydrogen) atoms. The van der Waals surface area contributed by atoms with Gasteiger partial charge in [0.2, 0.25) is 0 Å². The summed E-state index contributed by atoms with van der Waals surface area (Å²) in [4.78, 5) is 23.2. The van der Waals surface area contributed by atoms with Crippen molar-refractivity contribution in [1.29, 1.82) is 0 Å². The van der Waals surface area contributed by atoms with Crippen LogP contribution in [0.1, 0.15) is 23.2 Å². The van der Waals surface area contributed by atoms with Gasteiger partial charge in [0, 0.05) is 18.7 Å². The molecule has 2 aromatic rings. The number of carbonyl (C=O) groups excluding carboxylic acids is 1. The lowest BCUT2D eigenvalue weighted by Crippen LogP contribution is -2.26. The van der Waals surface area contributed by atoms with E-state index in [-0.39, 0.29) is 17.0 Å². The van der Waals surface area contributed by atoms with Gasteiger partial charge in [-0.25, -0.2) is 0 Å². The highest BCUT2D eigenvalue weighted by atomic mass is 16.6. The largest absolute Gasteiger partial charge is 0.497 e. The molecule has 0 spiro atoms. The Hall–Kier alpha value is -3.13. The van der Waals surface area contributed by atoms with Crippen LogP contribution in [0.25, 0.3) is 0 Å². The average molecular weight is 385 g/mol. The van der Waals surface area contributed by atoms with Gasteiger partial charge >= 0.3 is 0 Å². The Balaban J connectivity index is 1.74. The number of hydrogen-bond acceptors (Lipinski definition) is 6. The molecule has 148 valence electrons. The van der Waals surface area contributed by atoms with Crippen LogP contribution in [0.2, 0.25) is 0 Å². The first kappa shape index (κ1) is 19.6. The highest BCUT2D eigenvalue weighted by Crippen LogP contribution is 2.30. The van der Waals surface area contributed by atoms with Gasteiger partial charge < -0.3 is 20.1 Å². The number of nitro benzene ring substituents is 1. The molecule has 0 aliphatic carbocycles. The van der Waals surface area contributed by atoms with Crippen molar-refractivity contribution in [3.05, 3.63) is 58.1 Å². The zero-order chi connectivity index (χ0) is 19.9. The summed E-state index contributed by atoms with van der Waals surface area (Å²) in [5.41, 5.74) is -0.0261. The first-order valence-electron chi connectivity index (χ1n) is 9.16. The molecule has 3 rings (SSSR count). The van der Waals surface area contributed by atoms with Crippen molar-refractivity contribution in [3.63, 3.8) is 0 Å². The standard InChI is InChI=1S/C20H23N3O5/c1-27-16-3-5-17(6-4-16)28-19-7-2-15(23(25)26)12-18(19)20(24)22-11-9-14-8-10-21-13-14/h2-7,12,14,21H,8-11,13H2,1H3,(H,22,24). The first-order chi connectivity index (χ1) is 13.6. The van der Waals surface area contributed by atoms with Crippen LogP contribution in [0.15, 0.2) is 42.5 Å². The number of ether oxygens (including phenoxy) is 2. The molecule has 1 aliphatic heterocycles. The summed E-state index contributed by atoms with van der Waals surface area (Å²) in [5.74, 6) is 1.59. The summed E-state index contributed by atoms with van der Waals surface area (Å²) in [6, 6.07) is 10.9. The Morgan fingerprint density at radius 3 is 2.64 bits per heavy atom. The van der Waals surface area contributed by atoms with Gasteiger partial charge in [-0.1, -0.05) is 0 Å². The lowest BCUT2D eigenvalue weighted by atomic mass is 10.1. The van der Waals surface area contributed by atoms with E-state index in [1.165, 1.54) is 18.2 Å². The molecule has 1 heterocycles. The van der Waals surface area contributed by atoms with Gasteiger partial charge in [0.1, 0.15) is 17.2 Å². The molecule has 1 amide bonds. The molecule has 1 aliphatic rings. The summed E-state index contributed by atoms with van der Waals surface area (Å²) < 4.78 is 10.9. The minimum Gasteiger partial charge on any atom is -0.497 e. The predicted molar refractivity (Wildman–Crippen MR) is 104 cm³/mol. The average Bonchev–Trinajstić information content (AvgIpc) is 3.22. The summed E-state index contributed by atoms with van der Waals surface area (Å²) >= 11 is 0. The number of nitrogens with zero attached hydrogens (tertiary/aromatic N) is 1. The van der Waals surface area contributed by atoms with Crippen LogP contribution < -0.4 is 20.1 Å². The minimum absolute atomic E-state index is 0.134. The second-order valence-electron chi connectivity index (χ2n) is 6.62. The Morgan fingerprint density at radius 2 is 2.00 bits per heavy atom. The van der Waals surface area contributed by atoms with Crippen LogP contribution in [0, 0.1) is 16.0 Å². The topological polar surface area (TPSA) is 103 Å². The van der Waals surface area contributed by atoms with Crippen LogP contribution in [0.3, 0.4) is 0 Å². The van der Waals surface area contributed by atoms with Gasteiger partial charge in [-0.05, 0) is 62.2 Å². The number of amides is 1. The van der Waals surface area contributed by atoms with Gasteiger partial charge in [-0.2, -0.15) is 0 Å². The molecule has 0 bridgehead atoms. The Kier molecular flexibility index (Phi) is 6.44. The van der Waals surface area contributed by atoms with Crippen molar-refractivity contribution in [2.75, 3.05) is 26.7 Å². The second-order valence-corrected chi connectivity index (χ2v) is 6.62. The normalized spacial score (nSPS) is 15.8. The number of hydrogen-bond donors (Lipinski definition) is 2. The van der Waals surface area contributed by atoms with E-state index in [1.54, 1.807) is 31.4 Å². The van der Waals surface area contributed by atoms with Crippen molar-refractivity contribution >= 4 is 11.6 Å². The van der Waals surface area contributed by atoms with Crippen molar-refractivity contribution < 1.29 is 19.2 Å². The molecule has 8 heteroatoms. The third-order valence-electron chi connectivity index (χ3n) is 4.71. The fourth-order valence-corrected chi connectivity index (χ4v) is 3.11. The summed E-state index contributed by atoms with van der Waals surface area (Å²) in [7, 11) is 1.57. The maximum atomic E-state index is 12.7. The van der Waals surface area contributed by atoms with Gasteiger partial charge in [0.05, 0.1) is 17.6 Å². The summed E-state index contributed by atoms with van der Waals surface area (Å²) in [6.07, 6.45) is 1.96. The van der Waals surface area contributed by atoms with E-state index in [0.29, 0.717) is 24.0 Å². The quantitative estimate of drug-likeness (QED) is 0.535. The predicted octanol–water partition coefficient (Wildman–Crippen LogP) is 3.13. The van der Waals surface area contributed by atoms with Gasteiger partial charge in [0.15, 0.2) is 0 Å². The summed E-state index contributed by atoms with van der Waals surface area (Å²) in [5, 5.41) is 17.3. The maximum Gasteiger partial charge on any atom is 0.270 e. The van der Waals surface area contributed by atoms with E-state index in [9.17, 15) is 14.9 Å². The highest BCUT2D eigenvalue weighted by Gasteiger charge is 2.19. The fourth-order valence-electron chi connectivity index (χ4n) is 3.11. The van der Waals surface area contributed by atoms with E-state index in [4.69, 9.17) is 9.47 Å². The van der Waals surface area contributed by atoms with E-state index < -0.39 is 10.8 Å². The van der Waals surface area contributed by atoms with Crippen molar-refractivity contribution in [1.82, 2.24) is 10.6 Å². The Bertz CT molecular complexity index is 832. The SMILES string of the molecule is COc1ccc(Oc2ccc([N+](=O)[O-])cc2C(=O)NCCC2CCNC2)cc1. The van der Waals surface area contributed by atoms with Crippen LogP contribution in [-0.4, -0.2) is 37.6 Å². The molecule has 1 atom stereocenters.